The van der Waals surface area contributed by atoms with Crippen LogP contribution in [0, 0.1) is 6.92 Å². The third-order valence-electron chi connectivity index (χ3n) is 3.55. The average Bonchev–Trinajstić information content (AvgIpc) is 2.97. The van der Waals surface area contributed by atoms with Gasteiger partial charge in [-0.25, -0.2) is 0 Å². The number of rotatable bonds is 3. The van der Waals surface area contributed by atoms with Crippen molar-refractivity contribution in [1.82, 2.24) is 9.88 Å². The molecule has 2 aromatic rings. The molecular weight excluding hydrogens is 260 g/mol. The first kappa shape index (κ1) is 12.6. The van der Waals surface area contributed by atoms with E-state index in [1.165, 1.54) is 5.56 Å². The van der Waals surface area contributed by atoms with Gasteiger partial charge in [0.25, 0.3) is 0 Å². The van der Waals surface area contributed by atoms with Gasteiger partial charge in [0.05, 0.1) is 5.37 Å². The number of carboxylic acids is 1. The number of hydrogen-bond donors (Lipinski definition) is 2. The summed E-state index contributed by atoms with van der Waals surface area (Å²) in [6.07, 6.45) is 0. The van der Waals surface area contributed by atoms with Gasteiger partial charge < -0.3 is 15.0 Å². The molecule has 0 aliphatic carbocycles. The predicted octanol–water partition coefficient (Wildman–Crippen LogP) is 2.37. The summed E-state index contributed by atoms with van der Waals surface area (Å²) in [4.78, 5) is 11.1. The maximum Gasteiger partial charge on any atom is 0.323 e. The Kier molecular flexibility index (Phi) is 3.24. The molecule has 0 saturated carbocycles. The maximum atomic E-state index is 11.1. The monoisotopic (exact) mass is 276 g/mol. The van der Waals surface area contributed by atoms with E-state index in [1.54, 1.807) is 0 Å². The summed E-state index contributed by atoms with van der Waals surface area (Å²) in [6, 6.07) is 8.04. The highest BCUT2D eigenvalue weighted by molar-refractivity contribution is 7.99. The molecule has 1 fully saturated rings. The van der Waals surface area contributed by atoms with Crippen molar-refractivity contribution in [3.63, 3.8) is 0 Å². The van der Waals surface area contributed by atoms with E-state index in [2.05, 4.69) is 11.4 Å². The van der Waals surface area contributed by atoms with Crippen LogP contribution in [-0.4, -0.2) is 27.9 Å². The van der Waals surface area contributed by atoms with Crippen molar-refractivity contribution in [2.45, 2.75) is 18.8 Å². The Bertz CT molecular complexity index is 630. The molecule has 0 radical (unpaired) electrons. The molecule has 3 rings (SSSR count). The van der Waals surface area contributed by atoms with Crippen molar-refractivity contribution >= 4 is 28.6 Å². The van der Waals surface area contributed by atoms with Crippen LogP contribution in [0.2, 0.25) is 0 Å². The van der Waals surface area contributed by atoms with E-state index in [4.69, 9.17) is 5.11 Å². The number of aromatic nitrogens is 1. The summed E-state index contributed by atoms with van der Waals surface area (Å²) in [5, 5.41) is 14.0. The van der Waals surface area contributed by atoms with Gasteiger partial charge in [-0.15, -0.1) is 11.8 Å². The van der Waals surface area contributed by atoms with Gasteiger partial charge in [0.2, 0.25) is 0 Å². The first-order valence-electron chi connectivity index (χ1n) is 6.33. The van der Waals surface area contributed by atoms with Crippen LogP contribution in [0.3, 0.4) is 0 Å². The van der Waals surface area contributed by atoms with Gasteiger partial charge in [-0.3, -0.25) is 4.79 Å². The second kappa shape index (κ2) is 4.90. The fourth-order valence-corrected chi connectivity index (χ4v) is 3.91. The van der Waals surface area contributed by atoms with E-state index in [-0.39, 0.29) is 11.9 Å². The molecule has 1 aromatic heterocycles. The van der Waals surface area contributed by atoms with Crippen molar-refractivity contribution in [2.24, 2.45) is 0 Å². The van der Waals surface area contributed by atoms with Crippen molar-refractivity contribution in [1.29, 1.82) is 0 Å². The molecule has 0 amide bonds. The Balaban J connectivity index is 2.20. The Morgan fingerprint density at radius 2 is 2.32 bits per heavy atom. The lowest BCUT2D eigenvalue weighted by Gasteiger charge is -2.11. The zero-order valence-corrected chi connectivity index (χ0v) is 11.5. The molecule has 4 nitrogen and oxygen atoms in total. The van der Waals surface area contributed by atoms with Crippen LogP contribution >= 0.6 is 11.8 Å². The lowest BCUT2D eigenvalue weighted by Crippen LogP contribution is -2.14. The standard InChI is InChI=1S/C14H16N2O2S/c1-9-13(14-15-6-7-19-14)10-4-2-3-5-11(10)16(9)8-12(17)18/h2-5,14-15H,6-8H2,1H3,(H,17,18). The Morgan fingerprint density at radius 1 is 1.53 bits per heavy atom. The number of thioether (sulfide) groups is 1. The summed E-state index contributed by atoms with van der Waals surface area (Å²) in [5.74, 6) is 0.296. The topological polar surface area (TPSA) is 54.3 Å². The number of fused-ring (bicyclic) bond motifs is 1. The van der Waals surface area contributed by atoms with Crippen LogP contribution in [0.5, 0.6) is 0 Å². The number of carboxylic acid groups (broad SMARTS) is 1. The number of hydrogen-bond acceptors (Lipinski definition) is 3. The molecular formula is C14H16N2O2S. The van der Waals surface area contributed by atoms with E-state index in [0.717, 1.165) is 28.9 Å². The molecule has 19 heavy (non-hydrogen) atoms. The molecule has 0 spiro atoms. The van der Waals surface area contributed by atoms with E-state index in [0.29, 0.717) is 0 Å². The number of benzene rings is 1. The van der Waals surface area contributed by atoms with Gasteiger partial charge in [-0.2, -0.15) is 0 Å². The quantitative estimate of drug-likeness (QED) is 0.903. The zero-order valence-electron chi connectivity index (χ0n) is 10.7. The van der Waals surface area contributed by atoms with Crippen molar-refractivity contribution < 1.29 is 9.90 Å². The normalized spacial score (nSPS) is 19.1. The Hall–Kier alpha value is -1.46. The van der Waals surface area contributed by atoms with Gasteiger partial charge in [0, 0.05) is 34.5 Å². The van der Waals surface area contributed by atoms with Crippen LogP contribution in [-0.2, 0) is 11.3 Å². The summed E-state index contributed by atoms with van der Waals surface area (Å²) in [5.41, 5.74) is 3.29. The second-order valence-corrected chi connectivity index (χ2v) is 5.91. The fraction of sp³-hybridized carbons (Fsp3) is 0.357. The Morgan fingerprint density at radius 3 is 3.00 bits per heavy atom. The van der Waals surface area contributed by atoms with Gasteiger partial charge in [-0.1, -0.05) is 18.2 Å². The summed E-state index contributed by atoms with van der Waals surface area (Å²) in [7, 11) is 0. The molecule has 1 atom stereocenters. The predicted molar refractivity (Wildman–Crippen MR) is 77.5 cm³/mol. The highest BCUT2D eigenvalue weighted by atomic mass is 32.2. The van der Waals surface area contributed by atoms with Crippen LogP contribution in [0.15, 0.2) is 24.3 Å². The van der Waals surface area contributed by atoms with Crippen LogP contribution in [0.1, 0.15) is 16.6 Å². The van der Waals surface area contributed by atoms with Gasteiger partial charge in [0.15, 0.2) is 0 Å². The summed E-state index contributed by atoms with van der Waals surface area (Å²) in [6.45, 7) is 3.04. The minimum Gasteiger partial charge on any atom is -0.480 e. The van der Waals surface area contributed by atoms with Crippen LogP contribution in [0.4, 0.5) is 0 Å². The van der Waals surface area contributed by atoms with Crippen LogP contribution in [0.25, 0.3) is 10.9 Å². The Labute approximate surface area is 115 Å². The molecule has 1 unspecified atom stereocenters. The smallest absolute Gasteiger partial charge is 0.323 e. The number of nitrogens with zero attached hydrogens (tertiary/aromatic N) is 1. The molecule has 1 aliphatic rings. The molecule has 2 heterocycles. The largest absolute Gasteiger partial charge is 0.480 e. The first-order chi connectivity index (χ1) is 9.18. The summed E-state index contributed by atoms with van der Waals surface area (Å²) >= 11 is 1.88. The average molecular weight is 276 g/mol. The molecule has 100 valence electrons. The van der Waals surface area contributed by atoms with Gasteiger partial charge >= 0.3 is 5.97 Å². The highest BCUT2D eigenvalue weighted by Gasteiger charge is 2.25. The van der Waals surface area contributed by atoms with Gasteiger partial charge in [0.1, 0.15) is 6.54 Å². The fourth-order valence-electron chi connectivity index (χ4n) is 2.74. The van der Waals surface area contributed by atoms with Crippen molar-refractivity contribution in [2.75, 3.05) is 12.3 Å². The number of para-hydroxylation sites is 1. The molecule has 1 aromatic carbocycles. The second-order valence-electron chi connectivity index (χ2n) is 4.70. The highest BCUT2D eigenvalue weighted by Crippen LogP contribution is 2.38. The zero-order chi connectivity index (χ0) is 13.4. The van der Waals surface area contributed by atoms with Crippen molar-refractivity contribution in [3.8, 4) is 0 Å². The number of nitrogens with one attached hydrogen (secondary N) is 1. The van der Waals surface area contributed by atoms with Gasteiger partial charge in [-0.05, 0) is 13.0 Å². The lowest BCUT2D eigenvalue weighted by atomic mass is 10.1. The molecule has 1 saturated heterocycles. The third kappa shape index (κ3) is 2.13. The van der Waals surface area contributed by atoms with E-state index >= 15 is 0 Å². The maximum absolute atomic E-state index is 11.1. The SMILES string of the molecule is Cc1c(C2NCCS2)c2ccccc2n1CC(=O)O. The minimum absolute atomic E-state index is 0.0176. The first-order valence-corrected chi connectivity index (χ1v) is 7.38. The number of aliphatic carboxylic acids is 1. The molecule has 0 bridgehead atoms. The minimum atomic E-state index is -0.803. The molecule has 1 aliphatic heterocycles. The number of carbonyl (C=O) groups is 1. The van der Waals surface area contributed by atoms with E-state index in [1.807, 2.05) is 41.5 Å². The molecule has 5 heteroatoms. The van der Waals surface area contributed by atoms with Crippen molar-refractivity contribution in [3.05, 3.63) is 35.5 Å². The lowest BCUT2D eigenvalue weighted by molar-refractivity contribution is -0.137. The van der Waals surface area contributed by atoms with Crippen LogP contribution < -0.4 is 5.32 Å². The van der Waals surface area contributed by atoms with E-state index < -0.39 is 5.97 Å². The molecule has 2 N–H and O–H groups in total. The van der Waals surface area contributed by atoms with E-state index in [9.17, 15) is 4.79 Å². The third-order valence-corrected chi connectivity index (χ3v) is 4.73. The summed E-state index contributed by atoms with van der Waals surface area (Å²) < 4.78 is 1.90.